The highest BCUT2D eigenvalue weighted by molar-refractivity contribution is 7.99. The Kier molecular flexibility index (Phi) is 8.24. The van der Waals surface area contributed by atoms with Crippen LogP contribution in [0.3, 0.4) is 0 Å². The maximum atomic E-state index is 13.2. The van der Waals surface area contributed by atoms with E-state index in [1.807, 2.05) is 52.3 Å². The topological polar surface area (TPSA) is 49.9 Å². The van der Waals surface area contributed by atoms with Gasteiger partial charge in [0, 0.05) is 49.9 Å². The van der Waals surface area contributed by atoms with Crippen LogP contribution in [0.4, 0.5) is 0 Å². The number of benzene rings is 2. The lowest BCUT2D eigenvalue weighted by Crippen LogP contribution is -2.50. The van der Waals surface area contributed by atoms with E-state index in [4.69, 9.17) is 4.74 Å². The Morgan fingerprint density at radius 2 is 1.66 bits per heavy atom. The minimum absolute atomic E-state index is 0.0663. The van der Waals surface area contributed by atoms with E-state index in [0.717, 1.165) is 48.5 Å². The maximum absolute atomic E-state index is 13.2. The van der Waals surface area contributed by atoms with Crippen LogP contribution in [-0.4, -0.2) is 66.3 Å². The van der Waals surface area contributed by atoms with Gasteiger partial charge in [-0.05, 0) is 43.4 Å². The lowest BCUT2D eigenvalue weighted by molar-refractivity contribution is -0.132. The molecule has 0 aliphatic carbocycles. The third-order valence-electron chi connectivity index (χ3n) is 6.18. The summed E-state index contributed by atoms with van der Waals surface area (Å²) in [6, 6.07) is 18.1. The maximum Gasteiger partial charge on any atom is 0.255 e. The number of amides is 2. The van der Waals surface area contributed by atoms with Gasteiger partial charge < -0.3 is 14.5 Å². The number of rotatable bonds is 8. The molecule has 0 saturated carbocycles. The van der Waals surface area contributed by atoms with Gasteiger partial charge in [0.25, 0.3) is 5.91 Å². The Balaban J connectivity index is 1.25. The number of carbonyl (C=O) groups is 2. The van der Waals surface area contributed by atoms with E-state index in [9.17, 15) is 9.59 Å². The molecule has 2 fully saturated rings. The number of nitrogens with zero attached hydrogens (tertiary/aromatic N) is 2. The Morgan fingerprint density at radius 3 is 2.41 bits per heavy atom. The average molecular weight is 453 g/mol. The van der Waals surface area contributed by atoms with Crippen molar-refractivity contribution in [1.82, 2.24) is 9.80 Å². The number of aryl methyl sites for hydroxylation is 1. The molecule has 2 aliphatic rings. The van der Waals surface area contributed by atoms with E-state index in [0.29, 0.717) is 38.7 Å². The van der Waals surface area contributed by atoms with Crippen molar-refractivity contribution in [3.63, 3.8) is 0 Å². The number of carbonyl (C=O) groups excluding carboxylic acids is 2. The number of hydrogen-bond acceptors (Lipinski definition) is 4. The van der Waals surface area contributed by atoms with E-state index < -0.39 is 0 Å². The first kappa shape index (κ1) is 22.9. The average Bonchev–Trinajstić information content (AvgIpc) is 3.37. The first-order valence-electron chi connectivity index (χ1n) is 11.6. The second-order valence-electron chi connectivity index (χ2n) is 8.45. The van der Waals surface area contributed by atoms with Gasteiger partial charge in [-0.15, -0.1) is 11.8 Å². The third-order valence-corrected chi connectivity index (χ3v) is 7.39. The van der Waals surface area contributed by atoms with Crippen molar-refractivity contribution in [3.8, 4) is 0 Å². The zero-order chi connectivity index (χ0) is 22.2. The highest BCUT2D eigenvalue weighted by atomic mass is 32.2. The minimum atomic E-state index is 0.0663. The second kappa shape index (κ2) is 11.5. The molecule has 1 unspecified atom stereocenters. The molecule has 1 atom stereocenters. The number of thioether (sulfide) groups is 1. The Labute approximate surface area is 195 Å². The smallest absolute Gasteiger partial charge is 0.255 e. The summed E-state index contributed by atoms with van der Waals surface area (Å²) in [5.41, 5.74) is 2.03. The van der Waals surface area contributed by atoms with Gasteiger partial charge in [-0.2, -0.15) is 0 Å². The van der Waals surface area contributed by atoms with E-state index in [1.54, 1.807) is 11.8 Å². The Bertz CT molecular complexity index is 891. The first-order chi connectivity index (χ1) is 15.7. The molecule has 2 aromatic carbocycles. The highest BCUT2D eigenvalue weighted by Crippen LogP contribution is 2.28. The summed E-state index contributed by atoms with van der Waals surface area (Å²) in [6.07, 6.45) is 4.86. The number of piperazine rings is 1. The molecular formula is C26H32N2O3S. The summed E-state index contributed by atoms with van der Waals surface area (Å²) in [7, 11) is 0. The van der Waals surface area contributed by atoms with Gasteiger partial charge in [0.15, 0.2) is 0 Å². The molecule has 2 aliphatic heterocycles. The fraction of sp³-hybridized carbons (Fsp3) is 0.462. The molecule has 0 aromatic heterocycles. The molecule has 2 aromatic rings. The van der Waals surface area contributed by atoms with Crippen LogP contribution < -0.4 is 0 Å². The van der Waals surface area contributed by atoms with Gasteiger partial charge in [-0.25, -0.2) is 0 Å². The van der Waals surface area contributed by atoms with Crippen LogP contribution in [0.1, 0.15) is 41.6 Å². The van der Waals surface area contributed by atoms with Crippen molar-refractivity contribution in [3.05, 3.63) is 65.7 Å². The molecule has 32 heavy (non-hydrogen) atoms. The Morgan fingerprint density at radius 1 is 0.938 bits per heavy atom. The minimum Gasteiger partial charge on any atom is -0.377 e. The molecule has 0 bridgehead atoms. The second-order valence-corrected chi connectivity index (χ2v) is 9.52. The van der Waals surface area contributed by atoms with Gasteiger partial charge in [-0.1, -0.05) is 42.5 Å². The van der Waals surface area contributed by atoms with Crippen LogP contribution in [0, 0.1) is 0 Å². The Hall–Kier alpha value is -2.31. The SMILES string of the molecule is O=C(CCCc1ccccc1)N1CCN(C(=O)c2ccccc2SCC2CCCO2)CC1. The zero-order valence-electron chi connectivity index (χ0n) is 18.6. The van der Waals surface area contributed by atoms with Crippen molar-refractivity contribution in [1.29, 1.82) is 0 Å². The lowest BCUT2D eigenvalue weighted by atomic mass is 10.1. The van der Waals surface area contributed by atoms with E-state index in [2.05, 4.69) is 12.1 Å². The normalized spacial score (nSPS) is 18.7. The standard InChI is InChI=1S/C26H32N2O3S/c29-25(14-6-10-21-8-2-1-3-9-21)27-15-17-28(18-16-27)26(30)23-12-4-5-13-24(23)32-20-22-11-7-19-31-22/h1-5,8-9,12-13,22H,6-7,10-11,14-20H2. The molecule has 0 radical (unpaired) electrons. The molecule has 5 nitrogen and oxygen atoms in total. The van der Waals surface area contributed by atoms with Crippen molar-refractivity contribution >= 4 is 23.6 Å². The van der Waals surface area contributed by atoms with E-state index in [-0.39, 0.29) is 11.8 Å². The van der Waals surface area contributed by atoms with Gasteiger partial charge in [0.1, 0.15) is 0 Å². The van der Waals surface area contributed by atoms with E-state index in [1.165, 1.54) is 5.56 Å². The van der Waals surface area contributed by atoms with Crippen LogP contribution in [0.5, 0.6) is 0 Å². The fourth-order valence-corrected chi connectivity index (χ4v) is 5.42. The van der Waals surface area contributed by atoms with Crippen molar-refractivity contribution in [2.75, 3.05) is 38.5 Å². The predicted octanol–water partition coefficient (Wildman–Crippen LogP) is 4.27. The summed E-state index contributed by atoms with van der Waals surface area (Å²) in [5, 5.41) is 0. The fourth-order valence-electron chi connectivity index (χ4n) is 4.30. The van der Waals surface area contributed by atoms with Gasteiger partial charge in [0.05, 0.1) is 11.7 Å². The van der Waals surface area contributed by atoms with Crippen LogP contribution >= 0.6 is 11.8 Å². The highest BCUT2D eigenvalue weighted by Gasteiger charge is 2.26. The van der Waals surface area contributed by atoms with Crippen molar-refractivity contribution in [2.24, 2.45) is 0 Å². The van der Waals surface area contributed by atoms with Crippen molar-refractivity contribution in [2.45, 2.75) is 43.1 Å². The van der Waals surface area contributed by atoms with Gasteiger partial charge in [-0.3, -0.25) is 9.59 Å². The summed E-state index contributed by atoms with van der Waals surface area (Å²) in [6.45, 7) is 3.26. The largest absolute Gasteiger partial charge is 0.377 e. The molecular weight excluding hydrogens is 420 g/mol. The predicted molar refractivity (Wildman–Crippen MR) is 128 cm³/mol. The quantitative estimate of drug-likeness (QED) is 0.562. The molecule has 0 spiro atoms. The van der Waals surface area contributed by atoms with Crippen LogP contribution in [0.25, 0.3) is 0 Å². The third kappa shape index (κ3) is 6.14. The van der Waals surface area contributed by atoms with E-state index >= 15 is 0 Å². The molecule has 2 saturated heterocycles. The molecule has 6 heteroatoms. The molecule has 0 N–H and O–H groups in total. The number of hydrogen-bond donors (Lipinski definition) is 0. The molecule has 2 amide bonds. The zero-order valence-corrected chi connectivity index (χ0v) is 19.4. The molecule has 170 valence electrons. The summed E-state index contributed by atoms with van der Waals surface area (Å²) in [4.78, 5) is 30.6. The monoisotopic (exact) mass is 452 g/mol. The van der Waals surface area contributed by atoms with Crippen LogP contribution in [0.15, 0.2) is 59.5 Å². The summed E-state index contributed by atoms with van der Waals surface area (Å²) < 4.78 is 5.72. The summed E-state index contributed by atoms with van der Waals surface area (Å²) in [5.74, 6) is 1.15. The van der Waals surface area contributed by atoms with Crippen LogP contribution in [-0.2, 0) is 16.0 Å². The van der Waals surface area contributed by atoms with Crippen molar-refractivity contribution < 1.29 is 14.3 Å². The first-order valence-corrected chi connectivity index (χ1v) is 12.6. The lowest BCUT2D eigenvalue weighted by Gasteiger charge is -2.35. The summed E-state index contributed by atoms with van der Waals surface area (Å²) >= 11 is 1.71. The number of ether oxygens (including phenoxy) is 1. The van der Waals surface area contributed by atoms with Crippen LogP contribution in [0.2, 0.25) is 0 Å². The van der Waals surface area contributed by atoms with Gasteiger partial charge in [0.2, 0.25) is 5.91 Å². The molecule has 2 heterocycles. The molecule has 4 rings (SSSR count). The van der Waals surface area contributed by atoms with Gasteiger partial charge >= 0.3 is 0 Å².